The van der Waals surface area contributed by atoms with Crippen molar-refractivity contribution in [2.45, 2.75) is 17.9 Å². The van der Waals surface area contributed by atoms with Crippen molar-refractivity contribution < 1.29 is 22.4 Å². The molecule has 0 aliphatic rings. The summed E-state index contributed by atoms with van der Waals surface area (Å²) in [6, 6.07) is 12.9. The summed E-state index contributed by atoms with van der Waals surface area (Å²) in [5.41, 5.74) is 1.28. The first-order valence-electron chi connectivity index (χ1n) is 7.69. The molecule has 0 fully saturated rings. The van der Waals surface area contributed by atoms with Crippen molar-refractivity contribution in [1.82, 2.24) is 9.71 Å². The molecule has 2 aromatic carbocycles. The highest BCUT2D eigenvalue weighted by Gasteiger charge is 2.15. The second kappa shape index (κ2) is 7.86. The summed E-state index contributed by atoms with van der Waals surface area (Å²) >= 11 is 5.73. The average molecular weight is 395 g/mol. The largest absolute Gasteiger partial charge is 0.456 e. The van der Waals surface area contributed by atoms with E-state index in [2.05, 4.69) is 9.71 Å². The van der Waals surface area contributed by atoms with Crippen LogP contribution in [0.5, 0.6) is 0 Å². The SMILES string of the molecule is O=C(CCNS(=O)(=O)c1ccc(Cl)cc1)OCc1nc2ccccc2o1. The van der Waals surface area contributed by atoms with Gasteiger partial charge in [0.2, 0.25) is 15.9 Å². The van der Waals surface area contributed by atoms with Crippen molar-refractivity contribution in [2.75, 3.05) is 6.54 Å². The molecule has 0 saturated carbocycles. The molecule has 0 atom stereocenters. The van der Waals surface area contributed by atoms with E-state index in [1.54, 1.807) is 12.1 Å². The molecule has 7 nitrogen and oxygen atoms in total. The Morgan fingerprint density at radius 1 is 1.15 bits per heavy atom. The van der Waals surface area contributed by atoms with Crippen molar-refractivity contribution in [3.63, 3.8) is 0 Å². The van der Waals surface area contributed by atoms with Crippen molar-refractivity contribution >= 4 is 38.7 Å². The molecule has 0 aliphatic carbocycles. The fourth-order valence-electron chi connectivity index (χ4n) is 2.18. The lowest BCUT2D eigenvalue weighted by molar-refractivity contribution is -0.145. The van der Waals surface area contributed by atoms with Gasteiger partial charge in [0, 0.05) is 11.6 Å². The van der Waals surface area contributed by atoms with E-state index in [-0.39, 0.29) is 30.4 Å². The number of esters is 1. The van der Waals surface area contributed by atoms with E-state index < -0.39 is 16.0 Å². The smallest absolute Gasteiger partial charge is 0.307 e. The summed E-state index contributed by atoms with van der Waals surface area (Å²) in [6.45, 7) is -0.200. The highest BCUT2D eigenvalue weighted by Crippen LogP contribution is 2.16. The number of nitrogens with zero attached hydrogens (tertiary/aromatic N) is 1. The number of hydrogen-bond acceptors (Lipinski definition) is 6. The third-order valence-electron chi connectivity index (χ3n) is 3.44. The Kier molecular flexibility index (Phi) is 5.55. The number of oxazole rings is 1. The number of carbonyl (C=O) groups is 1. The van der Waals surface area contributed by atoms with Crippen LogP contribution in [0.4, 0.5) is 0 Å². The van der Waals surface area contributed by atoms with Crippen LogP contribution >= 0.6 is 11.6 Å². The number of para-hydroxylation sites is 2. The van der Waals surface area contributed by atoms with Gasteiger partial charge in [-0.05, 0) is 36.4 Å². The Bertz CT molecular complexity index is 982. The van der Waals surface area contributed by atoms with Gasteiger partial charge in [0.15, 0.2) is 12.2 Å². The third kappa shape index (κ3) is 4.60. The minimum Gasteiger partial charge on any atom is -0.456 e. The Balaban J connectivity index is 1.47. The number of carbonyl (C=O) groups excluding carboxylic acids is 1. The molecule has 0 bridgehead atoms. The summed E-state index contributed by atoms with van der Waals surface area (Å²) in [4.78, 5) is 16.0. The molecule has 9 heteroatoms. The van der Waals surface area contributed by atoms with Gasteiger partial charge in [-0.3, -0.25) is 4.79 Å². The minimum atomic E-state index is -3.70. The lowest BCUT2D eigenvalue weighted by atomic mass is 10.3. The van der Waals surface area contributed by atoms with Gasteiger partial charge in [0.1, 0.15) is 5.52 Å². The predicted octanol–water partition coefficient (Wildman–Crippen LogP) is 2.89. The minimum absolute atomic E-state index is 0.0711. The maximum atomic E-state index is 12.1. The van der Waals surface area contributed by atoms with Crippen molar-refractivity contribution in [3.8, 4) is 0 Å². The van der Waals surface area contributed by atoms with E-state index in [1.165, 1.54) is 24.3 Å². The van der Waals surface area contributed by atoms with Gasteiger partial charge in [-0.2, -0.15) is 0 Å². The molecule has 0 amide bonds. The summed E-state index contributed by atoms with van der Waals surface area (Å²) < 4.78 is 37.0. The fraction of sp³-hybridized carbons (Fsp3) is 0.176. The zero-order valence-electron chi connectivity index (χ0n) is 13.5. The van der Waals surface area contributed by atoms with E-state index in [4.69, 9.17) is 20.8 Å². The standard InChI is InChI=1S/C17H15ClN2O5S/c18-12-5-7-13(8-6-12)26(22,23)19-10-9-17(21)24-11-16-20-14-3-1-2-4-15(14)25-16/h1-8,19H,9-11H2. The van der Waals surface area contributed by atoms with E-state index in [9.17, 15) is 13.2 Å². The molecule has 0 aliphatic heterocycles. The maximum Gasteiger partial charge on any atom is 0.307 e. The van der Waals surface area contributed by atoms with Crippen molar-refractivity contribution in [1.29, 1.82) is 0 Å². The number of aromatic nitrogens is 1. The lowest BCUT2D eigenvalue weighted by Gasteiger charge is -2.06. The second-order valence-electron chi connectivity index (χ2n) is 5.34. The topological polar surface area (TPSA) is 98.5 Å². The molecule has 0 radical (unpaired) electrons. The van der Waals surface area contributed by atoms with Crippen molar-refractivity contribution in [2.24, 2.45) is 0 Å². The van der Waals surface area contributed by atoms with Crippen molar-refractivity contribution in [3.05, 3.63) is 59.4 Å². The highest BCUT2D eigenvalue weighted by atomic mass is 35.5. The van der Waals surface area contributed by atoms with Crippen LogP contribution in [0.3, 0.4) is 0 Å². The number of hydrogen-bond donors (Lipinski definition) is 1. The number of nitrogens with one attached hydrogen (secondary N) is 1. The number of benzene rings is 2. The first-order valence-corrected chi connectivity index (χ1v) is 9.55. The molecule has 136 valence electrons. The molecule has 0 unspecified atom stereocenters. The van der Waals surface area contributed by atoms with E-state index >= 15 is 0 Å². The van der Waals surface area contributed by atoms with Crippen LogP contribution in [0.15, 0.2) is 57.8 Å². The van der Waals surface area contributed by atoms with E-state index in [0.29, 0.717) is 16.1 Å². The molecule has 3 rings (SSSR count). The normalized spacial score (nSPS) is 11.6. The number of fused-ring (bicyclic) bond motifs is 1. The molecule has 26 heavy (non-hydrogen) atoms. The zero-order chi connectivity index (χ0) is 18.6. The highest BCUT2D eigenvalue weighted by molar-refractivity contribution is 7.89. The Morgan fingerprint density at radius 2 is 1.88 bits per heavy atom. The van der Waals surface area contributed by atoms with Gasteiger partial charge >= 0.3 is 5.97 Å². The fourth-order valence-corrected chi connectivity index (χ4v) is 3.34. The molecule has 1 N–H and O–H groups in total. The van der Waals surface area contributed by atoms with Gasteiger partial charge in [0.05, 0.1) is 11.3 Å². The summed E-state index contributed by atoms with van der Waals surface area (Å²) in [7, 11) is -3.70. The molecular formula is C17H15ClN2O5S. The Morgan fingerprint density at radius 3 is 2.62 bits per heavy atom. The number of ether oxygens (including phenoxy) is 1. The molecular weight excluding hydrogens is 380 g/mol. The molecule has 3 aromatic rings. The lowest BCUT2D eigenvalue weighted by Crippen LogP contribution is -2.26. The molecule has 1 aromatic heterocycles. The van der Waals surface area contributed by atoms with Crippen LogP contribution < -0.4 is 4.72 Å². The first kappa shape index (κ1) is 18.4. The first-order chi connectivity index (χ1) is 12.4. The van der Waals surface area contributed by atoms with Crippen LogP contribution in [0.2, 0.25) is 5.02 Å². The van der Waals surface area contributed by atoms with Crippen LogP contribution in [0, 0.1) is 0 Å². The van der Waals surface area contributed by atoms with E-state index in [1.807, 2.05) is 12.1 Å². The van der Waals surface area contributed by atoms with E-state index in [0.717, 1.165) is 0 Å². The van der Waals surface area contributed by atoms with Crippen LogP contribution in [-0.4, -0.2) is 25.9 Å². The third-order valence-corrected chi connectivity index (χ3v) is 5.17. The number of sulfonamides is 1. The molecule has 0 spiro atoms. The van der Waals surface area contributed by atoms with Crippen LogP contribution in [-0.2, 0) is 26.2 Å². The quantitative estimate of drug-likeness (QED) is 0.618. The van der Waals surface area contributed by atoms with Crippen LogP contribution in [0.25, 0.3) is 11.1 Å². The molecule has 0 saturated heterocycles. The summed E-state index contributed by atoms with van der Waals surface area (Å²) in [5, 5.41) is 0.437. The van der Waals surface area contributed by atoms with Gasteiger partial charge in [-0.15, -0.1) is 0 Å². The Labute approximate surface area is 155 Å². The van der Waals surface area contributed by atoms with Gasteiger partial charge in [-0.1, -0.05) is 23.7 Å². The van der Waals surface area contributed by atoms with Gasteiger partial charge in [0.25, 0.3) is 0 Å². The van der Waals surface area contributed by atoms with Gasteiger partial charge in [-0.25, -0.2) is 18.1 Å². The molecule has 1 heterocycles. The Hall–Kier alpha value is -2.42. The average Bonchev–Trinajstić information content (AvgIpc) is 3.03. The monoisotopic (exact) mass is 394 g/mol. The predicted molar refractivity (Wildman–Crippen MR) is 95.1 cm³/mol. The summed E-state index contributed by atoms with van der Waals surface area (Å²) in [5.74, 6) is -0.285. The van der Waals surface area contributed by atoms with Gasteiger partial charge < -0.3 is 9.15 Å². The number of rotatable bonds is 7. The van der Waals surface area contributed by atoms with Crippen LogP contribution in [0.1, 0.15) is 12.3 Å². The zero-order valence-corrected chi connectivity index (χ0v) is 15.1. The number of halogens is 1. The summed E-state index contributed by atoms with van der Waals surface area (Å²) in [6.07, 6.45) is -0.118. The second-order valence-corrected chi connectivity index (χ2v) is 7.54. The maximum absolute atomic E-state index is 12.1.